The Morgan fingerprint density at radius 3 is 2.48 bits per heavy atom. The topological polar surface area (TPSA) is 49.4 Å². The van der Waals surface area contributed by atoms with Crippen molar-refractivity contribution >= 4 is 17.5 Å². The van der Waals surface area contributed by atoms with Crippen LogP contribution in [0.4, 0.5) is 5.69 Å². The number of rotatable bonds is 5. The molecular formula is C17H24N2O2. The van der Waals surface area contributed by atoms with Crippen molar-refractivity contribution < 1.29 is 9.59 Å². The summed E-state index contributed by atoms with van der Waals surface area (Å²) in [5.41, 5.74) is 2.67. The number of anilines is 1. The summed E-state index contributed by atoms with van der Waals surface area (Å²) in [6, 6.07) is 5.43. The van der Waals surface area contributed by atoms with Crippen LogP contribution in [0.1, 0.15) is 37.8 Å². The molecule has 0 aliphatic carbocycles. The summed E-state index contributed by atoms with van der Waals surface area (Å²) in [6.07, 6.45) is 1.31. The summed E-state index contributed by atoms with van der Waals surface area (Å²) in [5, 5.41) is 3.24. The third-order valence-corrected chi connectivity index (χ3v) is 4.22. The molecular weight excluding hydrogens is 264 g/mol. The van der Waals surface area contributed by atoms with Gasteiger partial charge < -0.3 is 5.32 Å². The molecule has 2 amide bonds. The van der Waals surface area contributed by atoms with Gasteiger partial charge in [-0.2, -0.15) is 0 Å². The Hall–Kier alpha value is -1.68. The third-order valence-electron chi connectivity index (χ3n) is 4.22. The summed E-state index contributed by atoms with van der Waals surface area (Å²) >= 11 is 0. The van der Waals surface area contributed by atoms with Gasteiger partial charge in [-0.1, -0.05) is 38.5 Å². The fourth-order valence-corrected chi connectivity index (χ4v) is 2.67. The zero-order valence-corrected chi connectivity index (χ0v) is 13.3. The molecule has 1 aliphatic heterocycles. The van der Waals surface area contributed by atoms with E-state index in [1.165, 1.54) is 4.90 Å². The largest absolute Gasteiger partial charge is 0.305 e. The van der Waals surface area contributed by atoms with Crippen LogP contribution < -0.4 is 10.2 Å². The Labute approximate surface area is 126 Å². The van der Waals surface area contributed by atoms with Gasteiger partial charge in [-0.3, -0.25) is 9.59 Å². The number of carbonyl (C=O) groups is 2. The molecule has 2 atom stereocenters. The minimum Gasteiger partial charge on any atom is -0.305 e. The van der Waals surface area contributed by atoms with E-state index in [1.54, 1.807) is 0 Å². The second kappa shape index (κ2) is 6.39. The zero-order chi connectivity index (χ0) is 15.6. The van der Waals surface area contributed by atoms with Gasteiger partial charge in [-0.15, -0.1) is 0 Å². The van der Waals surface area contributed by atoms with E-state index in [0.717, 1.165) is 29.8 Å². The highest BCUT2D eigenvalue weighted by Crippen LogP contribution is 2.29. The molecule has 1 saturated heterocycles. The standard InChI is InChI=1S/C17H24N2O2/c1-5-11(2)10-18-14-9-15(20)19(17(14)21)16-12(3)7-6-8-13(16)4/h6-8,11,14,18H,5,9-10H2,1-4H3. The Balaban J connectivity index is 2.19. The van der Waals surface area contributed by atoms with Gasteiger partial charge in [-0.05, 0) is 37.4 Å². The van der Waals surface area contributed by atoms with Gasteiger partial charge in [0.25, 0.3) is 5.91 Å². The molecule has 0 saturated carbocycles. The molecule has 0 bridgehead atoms. The highest BCUT2D eigenvalue weighted by molar-refractivity contribution is 6.23. The van der Waals surface area contributed by atoms with Crippen molar-refractivity contribution in [1.29, 1.82) is 0 Å². The van der Waals surface area contributed by atoms with Gasteiger partial charge in [-0.25, -0.2) is 4.90 Å². The van der Waals surface area contributed by atoms with E-state index in [2.05, 4.69) is 19.2 Å². The molecule has 2 unspecified atom stereocenters. The lowest BCUT2D eigenvalue weighted by molar-refractivity contribution is -0.121. The van der Waals surface area contributed by atoms with Gasteiger partial charge >= 0.3 is 0 Å². The molecule has 4 heteroatoms. The number of hydrogen-bond acceptors (Lipinski definition) is 3. The summed E-state index contributed by atoms with van der Waals surface area (Å²) < 4.78 is 0. The molecule has 1 aliphatic rings. The monoisotopic (exact) mass is 288 g/mol. The van der Waals surface area contributed by atoms with Crippen LogP contribution in [-0.2, 0) is 9.59 Å². The summed E-state index contributed by atoms with van der Waals surface area (Å²) in [7, 11) is 0. The van der Waals surface area contributed by atoms with Crippen molar-refractivity contribution in [2.24, 2.45) is 5.92 Å². The number of aryl methyl sites for hydroxylation is 2. The number of para-hydroxylation sites is 1. The first-order valence-corrected chi connectivity index (χ1v) is 7.62. The number of nitrogens with zero attached hydrogens (tertiary/aromatic N) is 1. The maximum absolute atomic E-state index is 12.6. The molecule has 21 heavy (non-hydrogen) atoms. The van der Waals surface area contributed by atoms with Crippen LogP contribution in [0.3, 0.4) is 0 Å². The van der Waals surface area contributed by atoms with Crippen molar-refractivity contribution in [1.82, 2.24) is 5.32 Å². The Morgan fingerprint density at radius 2 is 1.90 bits per heavy atom. The van der Waals surface area contributed by atoms with Crippen molar-refractivity contribution in [3.05, 3.63) is 29.3 Å². The molecule has 1 aromatic rings. The molecule has 0 spiro atoms. The van der Waals surface area contributed by atoms with Crippen molar-refractivity contribution in [3.8, 4) is 0 Å². The number of hydrogen-bond donors (Lipinski definition) is 1. The van der Waals surface area contributed by atoms with Crippen LogP contribution in [0.25, 0.3) is 0 Å². The number of benzene rings is 1. The van der Waals surface area contributed by atoms with Crippen LogP contribution in [0.5, 0.6) is 0 Å². The molecule has 1 heterocycles. The number of carbonyl (C=O) groups excluding carboxylic acids is 2. The molecule has 2 rings (SSSR count). The van der Waals surface area contributed by atoms with Crippen LogP contribution in [0.15, 0.2) is 18.2 Å². The molecule has 4 nitrogen and oxygen atoms in total. The number of nitrogens with one attached hydrogen (secondary N) is 1. The molecule has 1 N–H and O–H groups in total. The van der Waals surface area contributed by atoms with E-state index < -0.39 is 0 Å². The Morgan fingerprint density at radius 1 is 1.29 bits per heavy atom. The first-order chi connectivity index (χ1) is 9.95. The van der Waals surface area contributed by atoms with Crippen molar-refractivity contribution in [3.63, 3.8) is 0 Å². The molecule has 1 fully saturated rings. The SMILES string of the molecule is CCC(C)CNC1CC(=O)N(c2c(C)cccc2C)C1=O. The lowest BCUT2D eigenvalue weighted by Crippen LogP contribution is -2.40. The second-order valence-electron chi connectivity index (χ2n) is 5.99. The van der Waals surface area contributed by atoms with E-state index in [4.69, 9.17) is 0 Å². The first-order valence-electron chi connectivity index (χ1n) is 7.62. The summed E-state index contributed by atoms with van der Waals surface area (Å²) in [4.78, 5) is 26.2. The maximum atomic E-state index is 12.6. The lowest BCUT2D eigenvalue weighted by atomic mass is 10.1. The fourth-order valence-electron chi connectivity index (χ4n) is 2.67. The summed E-state index contributed by atoms with van der Waals surface area (Å²) in [5.74, 6) is 0.266. The second-order valence-corrected chi connectivity index (χ2v) is 5.99. The molecule has 1 aromatic carbocycles. The van der Waals surface area contributed by atoms with E-state index in [0.29, 0.717) is 5.92 Å². The lowest BCUT2D eigenvalue weighted by Gasteiger charge is -2.20. The van der Waals surface area contributed by atoms with Crippen LogP contribution in [0.2, 0.25) is 0 Å². The summed E-state index contributed by atoms with van der Waals surface area (Å²) in [6.45, 7) is 8.89. The van der Waals surface area contributed by atoms with Crippen LogP contribution in [-0.4, -0.2) is 24.4 Å². The minimum atomic E-state index is -0.384. The average Bonchev–Trinajstić information content (AvgIpc) is 2.72. The molecule has 114 valence electrons. The third kappa shape index (κ3) is 3.16. The van der Waals surface area contributed by atoms with Gasteiger partial charge in [0.1, 0.15) is 0 Å². The molecule has 0 aromatic heterocycles. The fraction of sp³-hybridized carbons (Fsp3) is 0.529. The van der Waals surface area contributed by atoms with E-state index in [9.17, 15) is 9.59 Å². The number of amides is 2. The first kappa shape index (κ1) is 15.7. The quantitative estimate of drug-likeness (QED) is 0.847. The van der Waals surface area contributed by atoms with Crippen molar-refractivity contribution in [2.45, 2.75) is 46.6 Å². The van der Waals surface area contributed by atoms with E-state index in [1.807, 2.05) is 32.0 Å². The van der Waals surface area contributed by atoms with Gasteiger partial charge in [0.15, 0.2) is 0 Å². The highest BCUT2D eigenvalue weighted by Gasteiger charge is 2.40. The predicted molar refractivity (Wildman–Crippen MR) is 84.3 cm³/mol. The Kier molecular flexibility index (Phi) is 4.78. The Bertz CT molecular complexity index is 533. The average molecular weight is 288 g/mol. The smallest absolute Gasteiger partial charge is 0.251 e. The normalized spacial score (nSPS) is 20.2. The van der Waals surface area contributed by atoms with E-state index in [-0.39, 0.29) is 24.3 Å². The van der Waals surface area contributed by atoms with Gasteiger partial charge in [0.2, 0.25) is 5.91 Å². The maximum Gasteiger partial charge on any atom is 0.251 e. The predicted octanol–water partition coefficient (Wildman–Crippen LogP) is 2.57. The molecule has 0 radical (unpaired) electrons. The van der Waals surface area contributed by atoms with Gasteiger partial charge in [0, 0.05) is 0 Å². The highest BCUT2D eigenvalue weighted by atomic mass is 16.2. The van der Waals surface area contributed by atoms with Crippen LogP contribution in [0, 0.1) is 19.8 Å². The zero-order valence-electron chi connectivity index (χ0n) is 13.3. The van der Waals surface area contributed by atoms with Crippen LogP contribution >= 0.6 is 0 Å². The van der Waals surface area contributed by atoms with Gasteiger partial charge in [0.05, 0.1) is 18.2 Å². The van der Waals surface area contributed by atoms with E-state index >= 15 is 0 Å². The minimum absolute atomic E-state index is 0.112. The van der Waals surface area contributed by atoms with Crippen molar-refractivity contribution in [2.75, 3.05) is 11.4 Å². The number of imide groups is 1.